The third kappa shape index (κ3) is 5.49. The lowest BCUT2D eigenvalue weighted by Gasteiger charge is -2.13. The fourth-order valence-corrected chi connectivity index (χ4v) is 3.53. The van der Waals surface area contributed by atoms with Crippen molar-refractivity contribution in [2.24, 2.45) is 0 Å². The molecule has 0 aromatic heterocycles. The second kappa shape index (κ2) is 9.87. The molecule has 166 valence electrons. The molecule has 0 saturated carbocycles. The molecule has 0 atom stereocenters. The standard InChI is InChI=1S/C27H24N2O4/c1-18(30)28-23-8-5-9-24(16-23)29-27(31)21-11-13-26(32-2)22(14-21)17-33-25-12-10-19-6-3-4-7-20(19)15-25/h3-16H,17H2,1-2H3,(H,28,30)(H,29,31). The largest absolute Gasteiger partial charge is 0.496 e. The molecule has 2 amide bonds. The highest BCUT2D eigenvalue weighted by atomic mass is 16.5. The van der Waals surface area contributed by atoms with E-state index in [1.807, 2.05) is 36.4 Å². The Morgan fingerprint density at radius 1 is 0.788 bits per heavy atom. The van der Waals surface area contributed by atoms with Crippen LogP contribution < -0.4 is 20.1 Å². The fraction of sp³-hybridized carbons (Fsp3) is 0.111. The minimum absolute atomic E-state index is 0.176. The van der Waals surface area contributed by atoms with E-state index in [0.29, 0.717) is 22.7 Å². The summed E-state index contributed by atoms with van der Waals surface area (Å²) in [6.07, 6.45) is 0. The van der Waals surface area contributed by atoms with E-state index in [9.17, 15) is 9.59 Å². The molecule has 33 heavy (non-hydrogen) atoms. The van der Waals surface area contributed by atoms with E-state index in [4.69, 9.17) is 9.47 Å². The molecule has 2 N–H and O–H groups in total. The SMILES string of the molecule is COc1ccc(C(=O)Nc2cccc(NC(C)=O)c2)cc1COc1ccc2ccccc2c1. The number of ether oxygens (including phenoxy) is 2. The van der Waals surface area contributed by atoms with Crippen LogP contribution in [0, 0.1) is 0 Å². The van der Waals surface area contributed by atoms with E-state index in [-0.39, 0.29) is 18.4 Å². The Labute approximate surface area is 192 Å². The van der Waals surface area contributed by atoms with E-state index in [0.717, 1.165) is 22.1 Å². The number of benzene rings is 4. The van der Waals surface area contributed by atoms with Gasteiger partial charge in [0.15, 0.2) is 0 Å². The number of carbonyl (C=O) groups is 2. The fourth-order valence-electron chi connectivity index (χ4n) is 3.53. The second-order valence-electron chi connectivity index (χ2n) is 7.54. The summed E-state index contributed by atoms with van der Waals surface area (Å²) in [5.41, 5.74) is 2.42. The van der Waals surface area contributed by atoms with Crippen LogP contribution in [0.4, 0.5) is 11.4 Å². The van der Waals surface area contributed by atoms with Crippen LogP contribution >= 0.6 is 0 Å². The number of methoxy groups -OCH3 is 1. The van der Waals surface area contributed by atoms with Crippen LogP contribution in [0.25, 0.3) is 10.8 Å². The van der Waals surface area contributed by atoms with Crippen LogP contribution in [-0.2, 0) is 11.4 Å². The first-order chi connectivity index (χ1) is 16.0. The summed E-state index contributed by atoms with van der Waals surface area (Å²) in [6.45, 7) is 1.69. The average Bonchev–Trinajstić information content (AvgIpc) is 2.82. The van der Waals surface area contributed by atoms with Gasteiger partial charge in [-0.25, -0.2) is 0 Å². The number of hydrogen-bond donors (Lipinski definition) is 2. The van der Waals surface area contributed by atoms with Gasteiger partial charge in [0, 0.05) is 29.4 Å². The number of nitrogens with one attached hydrogen (secondary N) is 2. The molecule has 4 rings (SSSR count). The molecule has 4 aromatic carbocycles. The Kier molecular flexibility index (Phi) is 6.55. The first kappa shape index (κ1) is 21.9. The van der Waals surface area contributed by atoms with Crippen LogP contribution in [0.5, 0.6) is 11.5 Å². The van der Waals surface area contributed by atoms with Gasteiger partial charge < -0.3 is 20.1 Å². The second-order valence-corrected chi connectivity index (χ2v) is 7.54. The topological polar surface area (TPSA) is 76.7 Å². The zero-order valence-electron chi connectivity index (χ0n) is 18.4. The van der Waals surface area contributed by atoms with Crippen LogP contribution in [0.2, 0.25) is 0 Å². The first-order valence-electron chi connectivity index (χ1n) is 10.5. The summed E-state index contributed by atoms with van der Waals surface area (Å²) in [5.74, 6) is 0.926. The summed E-state index contributed by atoms with van der Waals surface area (Å²) < 4.78 is 11.5. The zero-order valence-corrected chi connectivity index (χ0v) is 18.4. The minimum atomic E-state index is -0.274. The third-order valence-electron chi connectivity index (χ3n) is 5.10. The van der Waals surface area contributed by atoms with Crippen molar-refractivity contribution in [3.8, 4) is 11.5 Å². The van der Waals surface area contributed by atoms with Crippen molar-refractivity contribution < 1.29 is 19.1 Å². The number of anilines is 2. The molecule has 4 aromatic rings. The molecular weight excluding hydrogens is 416 g/mol. The van der Waals surface area contributed by atoms with Crippen molar-refractivity contribution in [3.05, 3.63) is 96.1 Å². The Balaban J connectivity index is 1.49. The predicted octanol–water partition coefficient (Wildman–Crippen LogP) is 5.64. The van der Waals surface area contributed by atoms with Crippen LogP contribution in [0.15, 0.2) is 84.9 Å². The molecule has 0 heterocycles. The Bertz CT molecular complexity index is 1320. The van der Waals surface area contributed by atoms with Crippen molar-refractivity contribution in [1.29, 1.82) is 0 Å². The maximum absolute atomic E-state index is 12.8. The van der Waals surface area contributed by atoms with E-state index in [1.54, 1.807) is 49.6 Å². The summed E-state index contributed by atoms with van der Waals surface area (Å²) in [7, 11) is 1.59. The molecule has 0 radical (unpaired) electrons. The maximum Gasteiger partial charge on any atom is 0.255 e. The quantitative estimate of drug-likeness (QED) is 0.390. The summed E-state index contributed by atoms with van der Waals surface area (Å²) in [4.78, 5) is 24.1. The van der Waals surface area contributed by atoms with Crippen molar-refractivity contribution in [3.63, 3.8) is 0 Å². The minimum Gasteiger partial charge on any atom is -0.496 e. The van der Waals surface area contributed by atoms with Gasteiger partial charge in [0.05, 0.1) is 7.11 Å². The Morgan fingerprint density at radius 3 is 2.30 bits per heavy atom. The van der Waals surface area contributed by atoms with Gasteiger partial charge in [-0.05, 0) is 59.3 Å². The highest BCUT2D eigenvalue weighted by Crippen LogP contribution is 2.25. The van der Waals surface area contributed by atoms with Gasteiger partial charge in [0.2, 0.25) is 5.91 Å². The van der Waals surface area contributed by atoms with E-state index in [1.165, 1.54) is 6.92 Å². The Hall–Kier alpha value is -4.32. The smallest absolute Gasteiger partial charge is 0.255 e. The maximum atomic E-state index is 12.8. The van der Waals surface area contributed by atoms with E-state index in [2.05, 4.69) is 16.7 Å². The van der Waals surface area contributed by atoms with Crippen LogP contribution in [-0.4, -0.2) is 18.9 Å². The van der Waals surface area contributed by atoms with Crippen molar-refractivity contribution >= 4 is 34.0 Å². The lowest BCUT2D eigenvalue weighted by atomic mass is 10.1. The monoisotopic (exact) mass is 440 g/mol. The van der Waals surface area contributed by atoms with Crippen molar-refractivity contribution in [2.45, 2.75) is 13.5 Å². The van der Waals surface area contributed by atoms with Crippen molar-refractivity contribution in [2.75, 3.05) is 17.7 Å². The molecular formula is C27H24N2O4. The van der Waals surface area contributed by atoms with Gasteiger partial charge in [-0.1, -0.05) is 36.4 Å². The summed E-state index contributed by atoms with van der Waals surface area (Å²) in [5, 5.41) is 7.80. The van der Waals surface area contributed by atoms with Gasteiger partial charge in [-0.15, -0.1) is 0 Å². The summed E-state index contributed by atoms with van der Waals surface area (Å²) in [6, 6.07) is 26.2. The molecule has 0 aliphatic heterocycles. The van der Waals surface area contributed by atoms with E-state index < -0.39 is 0 Å². The molecule has 0 aliphatic carbocycles. The highest BCUT2D eigenvalue weighted by molar-refractivity contribution is 6.05. The van der Waals surface area contributed by atoms with Crippen molar-refractivity contribution in [1.82, 2.24) is 0 Å². The first-order valence-corrected chi connectivity index (χ1v) is 10.5. The molecule has 0 saturated heterocycles. The number of fused-ring (bicyclic) bond motifs is 1. The highest BCUT2D eigenvalue weighted by Gasteiger charge is 2.12. The lowest BCUT2D eigenvalue weighted by Crippen LogP contribution is -2.13. The molecule has 0 aliphatic rings. The van der Waals surface area contributed by atoms with Gasteiger partial charge >= 0.3 is 0 Å². The van der Waals surface area contributed by atoms with Crippen LogP contribution in [0.1, 0.15) is 22.8 Å². The predicted molar refractivity (Wildman–Crippen MR) is 130 cm³/mol. The number of rotatable bonds is 7. The average molecular weight is 440 g/mol. The molecule has 0 bridgehead atoms. The number of hydrogen-bond acceptors (Lipinski definition) is 4. The lowest BCUT2D eigenvalue weighted by molar-refractivity contribution is -0.114. The summed E-state index contributed by atoms with van der Waals surface area (Å²) >= 11 is 0. The van der Waals surface area contributed by atoms with Gasteiger partial charge in [-0.3, -0.25) is 9.59 Å². The number of amides is 2. The molecule has 6 nitrogen and oxygen atoms in total. The van der Waals surface area contributed by atoms with Gasteiger partial charge in [0.25, 0.3) is 5.91 Å². The molecule has 0 spiro atoms. The Morgan fingerprint density at radius 2 is 1.55 bits per heavy atom. The zero-order chi connectivity index (χ0) is 23.2. The molecule has 6 heteroatoms. The van der Waals surface area contributed by atoms with E-state index >= 15 is 0 Å². The van der Waals surface area contributed by atoms with Gasteiger partial charge in [-0.2, -0.15) is 0 Å². The number of carbonyl (C=O) groups excluding carboxylic acids is 2. The van der Waals surface area contributed by atoms with Gasteiger partial charge in [0.1, 0.15) is 18.1 Å². The third-order valence-corrected chi connectivity index (χ3v) is 5.10. The molecule has 0 fully saturated rings. The normalized spacial score (nSPS) is 10.5. The van der Waals surface area contributed by atoms with Crippen LogP contribution in [0.3, 0.4) is 0 Å². The molecule has 0 unspecified atom stereocenters.